The number of nitrogens with zero attached hydrogens (tertiary/aromatic N) is 1. The van der Waals surface area contributed by atoms with Crippen LogP contribution in [0.1, 0.15) is 30.5 Å². The van der Waals surface area contributed by atoms with Crippen LogP contribution in [0.4, 0.5) is 0 Å². The second-order valence-electron chi connectivity index (χ2n) is 4.36. The molecular weight excluding hydrogens is 226 g/mol. The van der Waals surface area contributed by atoms with Crippen LogP contribution in [-0.4, -0.2) is 16.7 Å². The Morgan fingerprint density at radius 3 is 2.11 bits per heavy atom. The number of hydrogen-bond acceptors (Lipinski definition) is 2. The minimum absolute atomic E-state index is 0.219. The van der Waals surface area contributed by atoms with E-state index < -0.39 is 0 Å². The van der Waals surface area contributed by atoms with Gasteiger partial charge in [-0.05, 0) is 29.5 Å². The Balaban J connectivity index is 2.29. The molecule has 0 saturated carbocycles. The number of hydrogen-bond donors (Lipinski definition) is 0. The molecule has 1 aromatic carbocycles. The molecule has 0 aliphatic carbocycles. The molecule has 0 saturated heterocycles. The van der Waals surface area contributed by atoms with Crippen LogP contribution in [-0.2, 0) is 29.0 Å². The van der Waals surface area contributed by atoms with Crippen LogP contribution in [0.5, 0.6) is 0 Å². The fraction of sp³-hybridized carbons (Fsp3) is 0.333. The molecule has 0 atom stereocenters. The van der Waals surface area contributed by atoms with Crippen molar-refractivity contribution in [2.75, 3.05) is 0 Å². The summed E-state index contributed by atoms with van der Waals surface area (Å²) in [6.07, 6.45) is 4.55. The summed E-state index contributed by atoms with van der Waals surface area (Å²) < 4.78 is 0. The highest BCUT2D eigenvalue weighted by atomic mass is 16.2. The number of rotatable bonds is 4. The Bertz CT molecular complexity index is 499. The van der Waals surface area contributed by atoms with Crippen molar-refractivity contribution < 1.29 is 9.59 Å². The van der Waals surface area contributed by atoms with Crippen molar-refractivity contribution in [3.05, 3.63) is 47.0 Å². The Labute approximate surface area is 107 Å². The van der Waals surface area contributed by atoms with E-state index in [1.54, 1.807) is 0 Å². The van der Waals surface area contributed by atoms with Crippen molar-refractivity contribution in [1.29, 1.82) is 0 Å². The fourth-order valence-electron chi connectivity index (χ4n) is 2.38. The van der Waals surface area contributed by atoms with Gasteiger partial charge in [0.25, 0.3) is 11.8 Å². The highest BCUT2D eigenvalue weighted by Crippen LogP contribution is 2.19. The second-order valence-corrected chi connectivity index (χ2v) is 4.36. The SMILES string of the molecule is CCc1cccc(CN2C(=O)C=CC2=O)c1CC. The molecular formula is C15H17NO2. The van der Waals surface area contributed by atoms with E-state index in [0.29, 0.717) is 6.54 Å². The molecule has 2 rings (SSSR count). The standard InChI is InChI=1S/C15H17NO2/c1-3-11-6-5-7-12(13(11)4-2)10-16-14(17)8-9-15(16)18/h5-9H,3-4,10H2,1-2H3. The third kappa shape index (κ3) is 2.21. The van der Waals surface area contributed by atoms with E-state index in [1.807, 2.05) is 12.1 Å². The molecule has 0 bridgehead atoms. The Hall–Kier alpha value is -1.90. The first-order valence-electron chi connectivity index (χ1n) is 6.30. The molecule has 2 amide bonds. The van der Waals surface area contributed by atoms with Gasteiger partial charge in [0.2, 0.25) is 0 Å². The van der Waals surface area contributed by atoms with Crippen LogP contribution in [0.25, 0.3) is 0 Å². The number of amides is 2. The summed E-state index contributed by atoms with van der Waals surface area (Å²) in [5, 5.41) is 0. The molecule has 1 heterocycles. The largest absolute Gasteiger partial charge is 0.271 e. The first-order valence-corrected chi connectivity index (χ1v) is 6.30. The topological polar surface area (TPSA) is 37.4 Å². The number of benzene rings is 1. The normalized spacial score (nSPS) is 14.7. The van der Waals surface area contributed by atoms with Crippen molar-refractivity contribution >= 4 is 11.8 Å². The molecule has 0 radical (unpaired) electrons. The maximum absolute atomic E-state index is 11.6. The third-order valence-corrected chi connectivity index (χ3v) is 3.33. The number of carbonyl (C=O) groups excluding carboxylic acids is 2. The van der Waals surface area contributed by atoms with Crippen LogP contribution in [0.15, 0.2) is 30.4 Å². The highest BCUT2D eigenvalue weighted by molar-refractivity contribution is 6.12. The zero-order chi connectivity index (χ0) is 13.1. The average Bonchev–Trinajstić information content (AvgIpc) is 2.70. The molecule has 1 aliphatic heterocycles. The summed E-state index contributed by atoms with van der Waals surface area (Å²) in [6, 6.07) is 6.09. The van der Waals surface area contributed by atoms with Gasteiger partial charge in [-0.15, -0.1) is 0 Å². The molecule has 18 heavy (non-hydrogen) atoms. The molecule has 3 heteroatoms. The van der Waals surface area contributed by atoms with Gasteiger partial charge >= 0.3 is 0 Å². The summed E-state index contributed by atoms with van der Waals surface area (Å²) in [6.45, 7) is 4.59. The second kappa shape index (κ2) is 5.17. The first kappa shape index (κ1) is 12.6. The molecule has 0 aromatic heterocycles. The van der Waals surface area contributed by atoms with Gasteiger partial charge in [-0.1, -0.05) is 32.0 Å². The molecule has 0 N–H and O–H groups in total. The van der Waals surface area contributed by atoms with Crippen molar-refractivity contribution in [2.24, 2.45) is 0 Å². The van der Waals surface area contributed by atoms with Gasteiger partial charge in [-0.3, -0.25) is 14.5 Å². The highest BCUT2D eigenvalue weighted by Gasteiger charge is 2.24. The maximum atomic E-state index is 11.6. The van der Waals surface area contributed by atoms with Crippen LogP contribution < -0.4 is 0 Å². The fourth-order valence-corrected chi connectivity index (χ4v) is 2.38. The Kier molecular flexibility index (Phi) is 3.60. The molecule has 0 fully saturated rings. The molecule has 0 spiro atoms. The zero-order valence-electron chi connectivity index (χ0n) is 10.8. The van der Waals surface area contributed by atoms with E-state index >= 15 is 0 Å². The lowest BCUT2D eigenvalue weighted by Crippen LogP contribution is -2.29. The third-order valence-electron chi connectivity index (χ3n) is 3.33. The van der Waals surface area contributed by atoms with Crippen molar-refractivity contribution in [2.45, 2.75) is 33.2 Å². The van der Waals surface area contributed by atoms with Crippen LogP contribution >= 0.6 is 0 Å². The predicted molar refractivity (Wildman–Crippen MR) is 69.9 cm³/mol. The lowest BCUT2D eigenvalue weighted by Gasteiger charge is -2.18. The van der Waals surface area contributed by atoms with Gasteiger partial charge in [0.1, 0.15) is 0 Å². The van der Waals surface area contributed by atoms with Crippen LogP contribution in [0.2, 0.25) is 0 Å². The molecule has 3 nitrogen and oxygen atoms in total. The predicted octanol–water partition coefficient (Wildman–Crippen LogP) is 2.24. The number of carbonyl (C=O) groups is 2. The molecule has 1 aromatic rings. The van der Waals surface area contributed by atoms with Crippen LogP contribution in [0, 0.1) is 0 Å². The van der Waals surface area contributed by atoms with Gasteiger partial charge in [0.05, 0.1) is 6.54 Å². The Morgan fingerprint density at radius 2 is 1.56 bits per heavy atom. The quantitative estimate of drug-likeness (QED) is 0.760. The molecule has 0 unspecified atom stereocenters. The van der Waals surface area contributed by atoms with E-state index in [0.717, 1.165) is 18.4 Å². The summed E-state index contributed by atoms with van der Waals surface area (Å²) in [4.78, 5) is 24.4. The van der Waals surface area contributed by atoms with E-state index in [2.05, 4.69) is 19.9 Å². The lowest BCUT2D eigenvalue weighted by molar-refractivity contribution is -0.137. The number of aryl methyl sites for hydroxylation is 1. The summed E-state index contributed by atoms with van der Waals surface area (Å²) in [5.41, 5.74) is 3.62. The minimum Gasteiger partial charge on any atom is -0.271 e. The van der Waals surface area contributed by atoms with E-state index in [4.69, 9.17) is 0 Å². The van der Waals surface area contributed by atoms with Gasteiger partial charge < -0.3 is 0 Å². The summed E-state index contributed by atoms with van der Waals surface area (Å²) >= 11 is 0. The molecule has 94 valence electrons. The van der Waals surface area contributed by atoms with Gasteiger partial charge in [0.15, 0.2) is 0 Å². The van der Waals surface area contributed by atoms with E-state index in [-0.39, 0.29) is 11.8 Å². The van der Waals surface area contributed by atoms with Gasteiger partial charge in [-0.25, -0.2) is 0 Å². The first-order chi connectivity index (χ1) is 8.67. The van der Waals surface area contributed by atoms with Gasteiger partial charge in [0, 0.05) is 12.2 Å². The monoisotopic (exact) mass is 243 g/mol. The Morgan fingerprint density at radius 1 is 0.944 bits per heavy atom. The zero-order valence-corrected chi connectivity index (χ0v) is 10.8. The van der Waals surface area contributed by atoms with Gasteiger partial charge in [-0.2, -0.15) is 0 Å². The van der Waals surface area contributed by atoms with Crippen LogP contribution in [0.3, 0.4) is 0 Å². The lowest BCUT2D eigenvalue weighted by atomic mass is 9.97. The smallest absolute Gasteiger partial charge is 0.253 e. The van der Waals surface area contributed by atoms with Crippen molar-refractivity contribution in [1.82, 2.24) is 4.90 Å². The van der Waals surface area contributed by atoms with Crippen molar-refractivity contribution in [3.8, 4) is 0 Å². The van der Waals surface area contributed by atoms with Crippen molar-refractivity contribution in [3.63, 3.8) is 0 Å². The number of imide groups is 1. The summed E-state index contributed by atoms with van der Waals surface area (Å²) in [5.74, 6) is -0.437. The minimum atomic E-state index is -0.219. The van der Waals surface area contributed by atoms with E-state index in [1.165, 1.54) is 28.2 Å². The molecule has 1 aliphatic rings. The summed E-state index contributed by atoms with van der Waals surface area (Å²) in [7, 11) is 0. The van der Waals surface area contributed by atoms with E-state index in [9.17, 15) is 9.59 Å². The average molecular weight is 243 g/mol. The maximum Gasteiger partial charge on any atom is 0.253 e.